The largest absolute Gasteiger partial charge is 0.368 e. The van der Waals surface area contributed by atoms with Crippen molar-refractivity contribution >= 4 is 34.5 Å². The highest BCUT2D eigenvalue weighted by molar-refractivity contribution is 7.09. The molecule has 0 spiro atoms. The molecule has 2 aromatic heterocycles. The molecule has 1 aliphatic rings. The van der Waals surface area contributed by atoms with Gasteiger partial charge in [0.1, 0.15) is 11.4 Å². The summed E-state index contributed by atoms with van der Waals surface area (Å²) in [5.41, 5.74) is -0.451. The molecule has 1 aromatic carbocycles. The molecule has 10 heteroatoms. The van der Waals surface area contributed by atoms with Crippen LogP contribution in [0.4, 0.5) is 10.1 Å². The minimum absolute atomic E-state index is 0.0468. The quantitative estimate of drug-likeness (QED) is 0.664. The molecule has 30 heavy (non-hydrogen) atoms. The van der Waals surface area contributed by atoms with E-state index in [1.807, 2.05) is 22.4 Å². The van der Waals surface area contributed by atoms with Crippen LogP contribution in [0, 0.1) is 5.82 Å². The summed E-state index contributed by atoms with van der Waals surface area (Å²) in [6.45, 7) is 1.92. The van der Waals surface area contributed by atoms with Crippen LogP contribution in [-0.4, -0.2) is 46.5 Å². The predicted octanol–water partition coefficient (Wildman–Crippen LogP) is 2.40. The molecule has 3 aromatic rings. The lowest BCUT2D eigenvalue weighted by molar-refractivity contribution is 0.0743. The van der Waals surface area contributed by atoms with Crippen molar-refractivity contribution in [2.45, 2.75) is 6.54 Å². The molecule has 0 atom stereocenters. The molecule has 0 saturated carbocycles. The van der Waals surface area contributed by atoms with Gasteiger partial charge in [-0.05, 0) is 29.6 Å². The number of halogens is 2. The highest BCUT2D eigenvalue weighted by Gasteiger charge is 2.25. The third-order valence-electron chi connectivity index (χ3n) is 5.02. The van der Waals surface area contributed by atoms with Crippen molar-refractivity contribution in [2.75, 3.05) is 31.1 Å². The van der Waals surface area contributed by atoms with Gasteiger partial charge in [-0.25, -0.2) is 9.18 Å². The smallest absolute Gasteiger partial charge is 0.328 e. The Kier molecular flexibility index (Phi) is 5.74. The number of amides is 1. The molecule has 7 nitrogen and oxygen atoms in total. The molecule has 3 heterocycles. The number of carbonyl (C=O) groups is 1. The number of H-pyrrole nitrogens is 1. The zero-order valence-corrected chi connectivity index (χ0v) is 17.4. The van der Waals surface area contributed by atoms with Gasteiger partial charge in [0.2, 0.25) is 0 Å². The van der Waals surface area contributed by atoms with Crippen LogP contribution in [0.2, 0.25) is 5.02 Å². The van der Waals surface area contributed by atoms with Crippen LogP contribution in [0.1, 0.15) is 15.2 Å². The van der Waals surface area contributed by atoms with Crippen LogP contribution in [0.3, 0.4) is 0 Å². The summed E-state index contributed by atoms with van der Waals surface area (Å²) >= 11 is 7.29. The van der Waals surface area contributed by atoms with Crippen LogP contribution in [0.5, 0.6) is 0 Å². The van der Waals surface area contributed by atoms with E-state index < -0.39 is 23.0 Å². The van der Waals surface area contributed by atoms with Gasteiger partial charge < -0.3 is 14.8 Å². The Hall–Kier alpha value is -2.91. The van der Waals surface area contributed by atoms with Gasteiger partial charge in [0.25, 0.3) is 11.5 Å². The van der Waals surface area contributed by atoms with Gasteiger partial charge in [0, 0.05) is 42.9 Å². The third-order valence-corrected chi connectivity index (χ3v) is 6.17. The first-order valence-electron chi connectivity index (χ1n) is 9.28. The number of benzene rings is 1. The van der Waals surface area contributed by atoms with Gasteiger partial charge in [-0.3, -0.25) is 14.2 Å². The molecule has 1 amide bonds. The van der Waals surface area contributed by atoms with Crippen LogP contribution >= 0.6 is 22.9 Å². The van der Waals surface area contributed by atoms with Crippen molar-refractivity contribution < 1.29 is 9.18 Å². The number of aromatic nitrogens is 2. The van der Waals surface area contributed by atoms with E-state index in [0.29, 0.717) is 26.2 Å². The lowest BCUT2D eigenvalue weighted by atomic mass is 10.2. The molecule has 1 aliphatic heterocycles. The molecule has 156 valence electrons. The monoisotopic (exact) mass is 448 g/mol. The van der Waals surface area contributed by atoms with Gasteiger partial charge >= 0.3 is 5.69 Å². The standard InChI is InChI=1S/C20H18ClFN4O3S/c21-16-10-13(3-4-17(16)22)24-5-7-25(8-6-24)18(27)15-11-23-20(29)26(19(15)28)12-14-2-1-9-30-14/h1-4,9-11H,5-8,12H2,(H,23,29). The predicted molar refractivity (Wildman–Crippen MR) is 114 cm³/mol. The average molecular weight is 449 g/mol. The molecule has 4 rings (SSSR count). The summed E-state index contributed by atoms with van der Waals surface area (Å²) in [6.07, 6.45) is 1.18. The van der Waals surface area contributed by atoms with Gasteiger partial charge in [0.15, 0.2) is 0 Å². The molecule has 1 fully saturated rings. The lowest BCUT2D eigenvalue weighted by Gasteiger charge is -2.36. The molecular formula is C20H18ClFN4O3S. The van der Waals surface area contributed by atoms with E-state index in [1.165, 1.54) is 23.6 Å². The third kappa shape index (κ3) is 4.03. The molecular weight excluding hydrogens is 431 g/mol. The number of nitrogens with one attached hydrogen (secondary N) is 1. The van der Waals surface area contributed by atoms with Gasteiger partial charge in [-0.2, -0.15) is 0 Å². The van der Waals surface area contributed by atoms with Crippen LogP contribution in [0.15, 0.2) is 51.5 Å². The molecule has 1 N–H and O–H groups in total. The van der Waals surface area contributed by atoms with E-state index in [-0.39, 0.29) is 17.1 Å². The fourth-order valence-corrected chi connectivity index (χ4v) is 4.25. The fourth-order valence-electron chi connectivity index (χ4n) is 3.39. The minimum atomic E-state index is -0.607. The number of hydrogen-bond acceptors (Lipinski definition) is 5. The number of hydrogen-bond donors (Lipinski definition) is 1. The van der Waals surface area contributed by atoms with Crippen molar-refractivity contribution in [1.29, 1.82) is 0 Å². The van der Waals surface area contributed by atoms with E-state index in [2.05, 4.69) is 4.98 Å². The summed E-state index contributed by atoms with van der Waals surface area (Å²) in [6, 6.07) is 8.17. The molecule has 0 bridgehead atoms. The van der Waals surface area contributed by atoms with Crippen LogP contribution < -0.4 is 16.1 Å². The van der Waals surface area contributed by atoms with Crippen LogP contribution in [-0.2, 0) is 6.54 Å². The van der Waals surface area contributed by atoms with E-state index in [4.69, 9.17) is 11.6 Å². The Morgan fingerprint density at radius 3 is 2.60 bits per heavy atom. The van der Waals surface area contributed by atoms with Crippen LogP contribution in [0.25, 0.3) is 0 Å². The molecule has 1 saturated heterocycles. The average Bonchev–Trinajstić information content (AvgIpc) is 3.26. The van der Waals surface area contributed by atoms with E-state index in [1.54, 1.807) is 17.0 Å². The van der Waals surface area contributed by atoms with Crippen molar-refractivity contribution in [3.8, 4) is 0 Å². The number of anilines is 1. The lowest BCUT2D eigenvalue weighted by Crippen LogP contribution is -2.50. The topological polar surface area (TPSA) is 78.4 Å². The number of rotatable bonds is 4. The first kappa shape index (κ1) is 20.4. The number of carbonyl (C=O) groups excluding carboxylic acids is 1. The fraction of sp³-hybridized carbons (Fsp3) is 0.250. The van der Waals surface area contributed by atoms with Crippen molar-refractivity contribution in [1.82, 2.24) is 14.5 Å². The maximum Gasteiger partial charge on any atom is 0.328 e. The number of thiophene rings is 1. The molecule has 0 radical (unpaired) electrons. The summed E-state index contributed by atoms with van der Waals surface area (Å²) in [5, 5.41) is 1.91. The van der Waals surface area contributed by atoms with Crippen molar-refractivity contribution in [2.24, 2.45) is 0 Å². The number of nitrogens with zero attached hydrogens (tertiary/aromatic N) is 3. The number of piperazine rings is 1. The van der Waals surface area contributed by atoms with E-state index in [0.717, 1.165) is 15.1 Å². The first-order valence-corrected chi connectivity index (χ1v) is 10.5. The Morgan fingerprint density at radius 1 is 1.17 bits per heavy atom. The Morgan fingerprint density at radius 2 is 1.93 bits per heavy atom. The zero-order chi connectivity index (χ0) is 21.3. The SMILES string of the molecule is O=C(c1c[nH]c(=O)n(Cc2cccs2)c1=O)N1CCN(c2ccc(F)c(Cl)c2)CC1. The first-order chi connectivity index (χ1) is 14.4. The van der Waals surface area contributed by atoms with Crippen molar-refractivity contribution in [3.05, 3.63) is 84.0 Å². The summed E-state index contributed by atoms with van der Waals surface area (Å²) < 4.78 is 14.4. The summed E-state index contributed by atoms with van der Waals surface area (Å²) in [5.74, 6) is -0.904. The molecule has 0 unspecified atom stereocenters. The van der Waals surface area contributed by atoms with Crippen molar-refractivity contribution in [3.63, 3.8) is 0 Å². The second kappa shape index (κ2) is 8.45. The number of aromatic amines is 1. The zero-order valence-electron chi connectivity index (χ0n) is 15.8. The van der Waals surface area contributed by atoms with E-state index >= 15 is 0 Å². The summed E-state index contributed by atoms with van der Waals surface area (Å²) in [4.78, 5) is 44.7. The van der Waals surface area contributed by atoms with E-state index in [9.17, 15) is 18.8 Å². The molecule has 0 aliphatic carbocycles. The van der Waals surface area contributed by atoms with Gasteiger partial charge in [-0.1, -0.05) is 17.7 Å². The maximum absolute atomic E-state index is 13.4. The highest BCUT2D eigenvalue weighted by atomic mass is 35.5. The second-order valence-corrected chi connectivity index (χ2v) is 8.30. The highest BCUT2D eigenvalue weighted by Crippen LogP contribution is 2.23. The second-order valence-electron chi connectivity index (χ2n) is 6.86. The minimum Gasteiger partial charge on any atom is -0.368 e. The Labute approximate surface area is 179 Å². The Bertz CT molecular complexity index is 1180. The van der Waals surface area contributed by atoms with Gasteiger partial charge in [-0.15, -0.1) is 11.3 Å². The Balaban J connectivity index is 1.50. The summed E-state index contributed by atoms with van der Waals surface area (Å²) in [7, 11) is 0. The normalized spacial score (nSPS) is 14.2. The maximum atomic E-state index is 13.4. The van der Waals surface area contributed by atoms with Gasteiger partial charge in [0.05, 0.1) is 11.6 Å².